The van der Waals surface area contributed by atoms with Crippen LogP contribution in [0.15, 0.2) is 22.7 Å². The second-order valence-electron chi connectivity index (χ2n) is 2.61. The van der Waals surface area contributed by atoms with Gasteiger partial charge in [0.15, 0.2) is 0 Å². The highest BCUT2D eigenvalue weighted by atomic mass is 127. The molecule has 1 nitrogen and oxygen atoms in total. The van der Waals surface area contributed by atoms with E-state index in [1.165, 1.54) is 6.07 Å². The standard InChI is InChI=1S/C9H10BrFIN/c10-8-5-7(1-2-9(8)11)6-13-4-3-12/h1-2,5,13H,3-4,6H2. The highest BCUT2D eigenvalue weighted by Crippen LogP contribution is 2.16. The van der Waals surface area contributed by atoms with Crippen molar-refractivity contribution in [2.24, 2.45) is 0 Å². The van der Waals surface area contributed by atoms with Crippen molar-refractivity contribution in [3.05, 3.63) is 34.1 Å². The minimum atomic E-state index is -0.211. The SMILES string of the molecule is Fc1ccc(CNCCI)cc1Br. The number of nitrogens with one attached hydrogen (secondary N) is 1. The first-order valence-electron chi connectivity index (χ1n) is 3.94. The molecule has 0 aliphatic heterocycles. The van der Waals surface area contributed by atoms with Crippen molar-refractivity contribution in [3.63, 3.8) is 0 Å². The van der Waals surface area contributed by atoms with Crippen LogP contribution in [0.2, 0.25) is 0 Å². The average Bonchev–Trinajstić information content (AvgIpc) is 2.12. The molecule has 0 fully saturated rings. The van der Waals surface area contributed by atoms with Gasteiger partial charge < -0.3 is 5.32 Å². The number of rotatable bonds is 4. The fraction of sp³-hybridized carbons (Fsp3) is 0.333. The van der Waals surface area contributed by atoms with Crippen LogP contribution in [0.3, 0.4) is 0 Å². The molecule has 0 saturated carbocycles. The summed E-state index contributed by atoms with van der Waals surface area (Å²) >= 11 is 5.46. The minimum absolute atomic E-state index is 0.211. The zero-order chi connectivity index (χ0) is 9.68. The Kier molecular flexibility index (Phi) is 5.20. The molecular formula is C9H10BrFIN. The minimum Gasteiger partial charge on any atom is -0.312 e. The summed E-state index contributed by atoms with van der Waals surface area (Å²) in [7, 11) is 0. The number of hydrogen-bond acceptors (Lipinski definition) is 1. The van der Waals surface area contributed by atoms with Crippen LogP contribution in [0.4, 0.5) is 4.39 Å². The highest BCUT2D eigenvalue weighted by molar-refractivity contribution is 14.1. The maximum absolute atomic E-state index is 12.8. The molecule has 1 rings (SSSR count). The van der Waals surface area contributed by atoms with Crippen LogP contribution >= 0.6 is 38.5 Å². The first kappa shape index (κ1) is 11.4. The second-order valence-corrected chi connectivity index (χ2v) is 4.55. The molecule has 0 heterocycles. The van der Waals surface area contributed by atoms with Crippen LogP contribution in [-0.2, 0) is 6.54 Å². The summed E-state index contributed by atoms with van der Waals surface area (Å²) in [6.07, 6.45) is 0. The maximum Gasteiger partial charge on any atom is 0.137 e. The lowest BCUT2D eigenvalue weighted by atomic mass is 10.2. The largest absolute Gasteiger partial charge is 0.312 e. The van der Waals surface area contributed by atoms with Crippen molar-refractivity contribution in [2.45, 2.75) is 6.54 Å². The molecule has 0 amide bonds. The Bertz CT molecular complexity index is 280. The van der Waals surface area contributed by atoms with E-state index in [1.54, 1.807) is 12.1 Å². The lowest BCUT2D eigenvalue weighted by Gasteiger charge is -2.03. The van der Waals surface area contributed by atoms with Gasteiger partial charge in [0.1, 0.15) is 5.82 Å². The van der Waals surface area contributed by atoms with Gasteiger partial charge >= 0.3 is 0 Å². The molecule has 1 N–H and O–H groups in total. The lowest BCUT2D eigenvalue weighted by molar-refractivity contribution is 0.619. The molecule has 0 bridgehead atoms. The van der Waals surface area contributed by atoms with E-state index in [-0.39, 0.29) is 5.82 Å². The third-order valence-corrected chi connectivity index (χ3v) is 2.73. The van der Waals surface area contributed by atoms with Crippen molar-refractivity contribution >= 4 is 38.5 Å². The lowest BCUT2D eigenvalue weighted by Crippen LogP contribution is -2.15. The molecule has 0 radical (unpaired) electrons. The smallest absolute Gasteiger partial charge is 0.137 e. The molecule has 1 aromatic rings. The first-order valence-corrected chi connectivity index (χ1v) is 6.26. The maximum atomic E-state index is 12.8. The zero-order valence-electron chi connectivity index (χ0n) is 6.99. The quantitative estimate of drug-likeness (QED) is 0.496. The fourth-order valence-electron chi connectivity index (χ4n) is 0.949. The molecule has 0 aromatic heterocycles. The summed E-state index contributed by atoms with van der Waals surface area (Å²) in [6, 6.07) is 5.07. The van der Waals surface area contributed by atoms with Gasteiger partial charge in [0.05, 0.1) is 4.47 Å². The second kappa shape index (κ2) is 5.93. The van der Waals surface area contributed by atoms with E-state index in [0.29, 0.717) is 4.47 Å². The molecular weight excluding hydrogens is 348 g/mol. The van der Waals surface area contributed by atoms with Gasteiger partial charge in [0, 0.05) is 17.5 Å². The van der Waals surface area contributed by atoms with Crippen molar-refractivity contribution in [2.75, 3.05) is 11.0 Å². The third kappa shape index (κ3) is 3.91. The van der Waals surface area contributed by atoms with Crippen LogP contribution in [0, 0.1) is 5.82 Å². The normalized spacial score (nSPS) is 10.4. The number of halogens is 3. The average molecular weight is 358 g/mol. The van der Waals surface area contributed by atoms with E-state index >= 15 is 0 Å². The molecule has 0 aliphatic carbocycles. The van der Waals surface area contributed by atoms with E-state index in [1.807, 2.05) is 0 Å². The third-order valence-electron chi connectivity index (χ3n) is 1.58. The Morgan fingerprint density at radius 3 is 2.85 bits per heavy atom. The molecule has 1 aromatic carbocycles. The fourth-order valence-corrected chi connectivity index (χ4v) is 1.76. The molecule has 0 aliphatic rings. The Morgan fingerprint density at radius 2 is 2.23 bits per heavy atom. The van der Waals surface area contributed by atoms with Gasteiger partial charge in [-0.1, -0.05) is 28.7 Å². The predicted molar refractivity (Wildman–Crippen MR) is 64.7 cm³/mol. The van der Waals surface area contributed by atoms with Crippen molar-refractivity contribution in [1.82, 2.24) is 5.32 Å². The predicted octanol–water partition coefficient (Wildman–Crippen LogP) is 3.11. The topological polar surface area (TPSA) is 12.0 Å². The van der Waals surface area contributed by atoms with Crippen molar-refractivity contribution < 1.29 is 4.39 Å². The highest BCUT2D eigenvalue weighted by Gasteiger charge is 1.99. The van der Waals surface area contributed by atoms with E-state index < -0.39 is 0 Å². The molecule has 4 heteroatoms. The summed E-state index contributed by atoms with van der Waals surface area (Å²) in [4.78, 5) is 0. The van der Waals surface area contributed by atoms with Crippen molar-refractivity contribution in [1.29, 1.82) is 0 Å². The summed E-state index contributed by atoms with van der Waals surface area (Å²) in [6.45, 7) is 1.78. The van der Waals surface area contributed by atoms with Crippen LogP contribution in [0.1, 0.15) is 5.56 Å². The Labute approximate surface area is 99.4 Å². The molecule has 0 atom stereocenters. The Hall–Kier alpha value is 0.320. The molecule has 0 saturated heterocycles. The van der Waals surface area contributed by atoms with Gasteiger partial charge in [0.25, 0.3) is 0 Å². The van der Waals surface area contributed by atoms with Gasteiger partial charge in [-0.15, -0.1) is 0 Å². The van der Waals surface area contributed by atoms with Gasteiger partial charge in [0.2, 0.25) is 0 Å². The molecule has 0 spiro atoms. The van der Waals surface area contributed by atoms with Gasteiger partial charge in [-0.25, -0.2) is 4.39 Å². The van der Waals surface area contributed by atoms with Crippen LogP contribution in [0.5, 0.6) is 0 Å². The summed E-state index contributed by atoms with van der Waals surface area (Å²) in [5.74, 6) is -0.211. The van der Waals surface area contributed by atoms with Gasteiger partial charge in [-0.2, -0.15) is 0 Å². The van der Waals surface area contributed by atoms with E-state index in [0.717, 1.165) is 23.1 Å². The van der Waals surface area contributed by atoms with E-state index in [9.17, 15) is 4.39 Å². The first-order chi connectivity index (χ1) is 6.24. The van der Waals surface area contributed by atoms with Crippen LogP contribution in [0.25, 0.3) is 0 Å². The number of alkyl halides is 1. The van der Waals surface area contributed by atoms with Gasteiger partial charge in [-0.3, -0.25) is 0 Å². The summed E-state index contributed by atoms with van der Waals surface area (Å²) in [5, 5.41) is 3.25. The van der Waals surface area contributed by atoms with Gasteiger partial charge in [-0.05, 0) is 33.6 Å². The number of benzene rings is 1. The Balaban J connectivity index is 2.53. The molecule has 0 unspecified atom stereocenters. The monoisotopic (exact) mass is 357 g/mol. The van der Waals surface area contributed by atoms with E-state index in [4.69, 9.17) is 0 Å². The van der Waals surface area contributed by atoms with E-state index in [2.05, 4.69) is 43.8 Å². The molecule has 13 heavy (non-hydrogen) atoms. The summed E-state index contributed by atoms with van der Waals surface area (Å²) < 4.78 is 14.4. The zero-order valence-corrected chi connectivity index (χ0v) is 10.7. The summed E-state index contributed by atoms with van der Waals surface area (Å²) in [5.41, 5.74) is 1.10. The number of hydrogen-bond donors (Lipinski definition) is 1. The van der Waals surface area contributed by atoms with Crippen LogP contribution < -0.4 is 5.32 Å². The Morgan fingerprint density at radius 1 is 1.46 bits per heavy atom. The molecule has 72 valence electrons. The van der Waals surface area contributed by atoms with Crippen molar-refractivity contribution in [3.8, 4) is 0 Å². The van der Waals surface area contributed by atoms with Crippen LogP contribution in [-0.4, -0.2) is 11.0 Å².